The summed E-state index contributed by atoms with van der Waals surface area (Å²) in [6.07, 6.45) is 5.24. The molecule has 3 nitrogen and oxygen atoms in total. The van der Waals surface area contributed by atoms with E-state index in [4.69, 9.17) is 23.2 Å². The summed E-state index contributed by atoms with van der Waals surface area (Å²) in [6, 6.07) is 1.72. The monoisotopic (exact) mass is 273 g/mol. The Morgan fingerprint density at radius 3 is 2.65 bits per heavy atom. The predicted octanol–water partition coefficient (Wildman–Crippen LogP) is 4.02. The normalized spacial score (nSPS) is 24.6. The van der Waals surface area contributed by atoms with Crippen molar-refractivity contribution in [3.8, 4) is 0 Å². The van der Waals surface area contributed by atoms with Crippen LogP contribution in [-0.4, -0.2) is 16.7 Å². The first-order chi connectivity index (χ1) is 8.15. The third-order valence-corrected chi connectivity index (χ3v) is 3.90. The lowest BCUT2D eigenvalue weighted by Gasteiger charge is -2.26. The maximum absolute atomic E-state index is 5.94. The summed E-state index contributed by atoms with van der Waals surface area (Å²) < 4.78 is 0. The molecular formula is C12H17Cl2N3. The van der Waals surface area contributed by atoms with Crippen LogP contribution in [0.4, 0.5) is 5.69 Å². The number of rotatable bonds is 3. The van der Waals surface area contributed by atoms with Gasteiger partial charge in [-0.15, -0.1) is 10.2 Å². The van der Waals surface area contributed by atoms with Crippen LogP contribution >= 0.6 is 23.2 Å². The van der Waals surface area contributed by atoms with Crippen LogP contribution in [0.25, 0.3) is 0 Å². The van der Waals surface area contributed by atoms with Crippen molar-refractivity contribution in [1.29, 1.82) is 0 Å². The first kappa shape index (κ1) is 12.9. The van der Waals surface area contributed by atoms with E-state index in [2.05, 4.69) is 22.4 Å². The molecule has 5 heteroatoms. The summed E-state index contributed by atoms with van der Waals surface area (Å²) in [7, 11) is 0. The number of hydrogen-bond acceptors (Lipinski definition) is 3. The Morgan fingerprint density at radius 1 is 1.24 bits per heavy atom. The fraction of sp³-hybridized carbons (Fsp3) is 0.667. The quantitative estimate of drug-likeness (QED) is 0.904. The van der Waals surface area contributed by atoms with Gasteiger partial charge >= 0.3 is 0 Å². The fourth-order valence-corrected chi connectivity index (χ4v) is 2.57. The second-order valence-electron chi connectivity index (χ2n) is 4.88. The summed E-state index contributed by atoms with van der Waals surface area (Å²) in [4.78, 5) is 0. The number of aromatic nitrogens is 2. The molecule has 1 N–H and O–H groups in total. The number of nitrogens with zero attached hydrogens (tertiary/aromatic N) is 2. The Kier molecular flexibility index (Phi) is 4.46. The third kappa shape index (κ3) is 3.71. The van der Waals surface area contributed by atoms with Gasteiger partial charge in [0.25, 0.3) is 0 Å². The SMILES string of the molecule is CC1CCC(CNc2cc(Cl)nnc2Cl)CC1. The molecule has 1 fully saturated rings. The average molecular weight is 274 g/mol. The Balaban J connectivity index is 1.87. The number of anilines is 1. The molecule has 0 aliphatic heterocycles. The van der Waals surface area contributed by atoms with Gasteiger partial charge in [0.2, 0.25) is 0 Å². The van der Waals surface area contributed by atoms with Crippen molar-refractivity contribution in [3.05, 3.63) is 16.4 Å². The molecule has 0 amide bonds. The highest BCUT2D eigenvalue weighted by Gasteiger charge is 2.18. The standard InChI is InChI=1S/C12H17Cl2N3/c1-8-2-4-9(5-3-8)7-15-10-6-11(13)16-17-12(10)14/h6,8-9H,2-5,7H2,1H3,(H,15,16). The third-order valence-electron chi connectivity index (χ3n) is 3.44. The maximum Gasteiger partial charge on any atom is 0.174 e. The molecular weight excluding hydrogens is 257 g/mol. The maximum atomic E-state index is 5.94. The second kappa shape index (κ2) is 5.87. The van der Waals surface area contributed by atoms with Crippen molar-refractivity contribution in [2.24, 2.45) is 11.8 Å². The van der Waals surface area contributed by atoms with E-state index < -0.39 is 0 Å². The first-order valence-electron chi connectivity index (χ1n) is 6.07. The van der Waals surface area contributed by atoms with Gasteiger partial charge in [-0.2, -0.15) is 0 Å². The number of nitrogens with one attached hydrogen (secondary N) is 1. The van der Waals surface area contributed by atoms with Gasteiger partial charge in [-0.05, 0) is 24.7 Å². The molecule has 1 aromatic heterocycles. The van der Waals surface area contributed by atoms with Crippen LogP contribution in [0, 0.1) is 11.8 Å². The summed E-state index contributed by atoms with van der Waals surface area (Å²) in [6.45, 7) is 3.27. The van der Waals surface area contributed by atoms with Crippen LogP contribution in [-0.2, 0) is 0 Å². The van der Waals surface area contributed by atoms with Gasteiger partial charge in [0.1, 0.15) is 0 Å². The highest BCUT2D eigenvalue weighted by Crippen LogP contribution is 2.29. The van der Waals surface area contributed by atoms with Crippen LogP contribution in [0.5, 0.6) is 0 Å². The Bertz CT molecular complexity index is 376. The number of halogens is 2. The van der Waals surface area contributed by atoms with Gasteiger partial charge in [0.05, 0.1) is 5.69 Å². The molecule has 0 aromatic carbocycles. The van der Waals surface area contributed by atoms with Crippen molar-refractivity contribution in [2.45, 2.75) is 32.6 Å². The van der Waals surface area contributed by atoms with Crippen LogP contribution in [0.3, 0.4) is 0 Å². The van der Waals surface area contributed by atoms with Gasteiger partial charge in [-0.1, -0.05) is 43.0 Å². The Morgan fingerprint density at radius 2 is 1.94 bits per heavy atom. The summed E-state index contributed by atoms with van der Waals surface area (Å²) >= 11 is 11.7. The zero-order valence-corrected chi connectivity index (χ0v) is 11.4. The lowest BCUT2D eigenvalue weighted by Crippen LogP contribution is -2.20. The van der Waals surface area contributed by atoms with Crippen molar-refractivity contribution < 1.29 is 0 Å². The zero-order valence-electron chi connectivity index (χ0n) is 9.92. The highest BCUT2D eigenvalue weighted by atomic mass is 35.5. The Labute approximate surface area is 112 Å². The van der Waals surface area contributed by atoms with E-state index in [1.54, 1.807) is 6.07 Å². The van der Waals surface area contributed by atoms with Crippen LogP contribution in [0.15, 0.2) is 6.07 Å². The second-order valence-corrected chi connectivity index (χ2v) is 5.62. The van der Waals surface area contributed by atoms with E-state index >= 15 is 0 Å². The van der Waals surface area contributed by atoms with E-state index in [1.165, 1.54) is 25.7 Å². The van der Waals surface area contributed by atoms with Crippen molar-refractivity contribution in [2.75, 3.05) is 11.9 Å². The lowest BCUT2D eigenvalue weighted by molar-refractivity contribution is 0.300. The topological polar surface area (TPSA) is 37.8 Å². The van der Waals surface area contributed by atoms with Gasteiger partial charge < -0.3 is 5.32 Å². The van der Waals surface area contributed by atoms with E-state index in [0.717, 1.165) is 24.1 Å². The van der Waals surface area contributed by atoms with E-state index in [0.29, 0.717) is 10.3 Å². The van der Waals surface area contributed by atoms with E-state index in [1.807, 2.05) is 0 Å². The van der Waals surface area contributed by atoms with Crippen molar-refractivity contribution in [1.82, 2.24) is 10.2 Å². The minimum atomic E-state index is 0.370. The van der Waals surface area contributed by atoms with Gasteiger partial charge in [0, 0.05) is 12.6 Å². The number of hydrogen-bond donors (Lipinski definition) is 1. The first-order valence-corrected chi connectivity index (χ1v) is 6.83. The molecule has 1 aliphatic carbocycles. The lowest BCUT2D eigenvalue weighted by atomic mass is 9.83. The van der Waals surface area contributed by atoms with E-state index in [9.17, 15) is 0 Å². The van der Waals surface area contributed by atoms with Gasteiger partial charge in [-0.3, -0.25) is 0 Å². The molecule has 0 unspecified atom stereocenters. The minimum Gasteiger partial charge on any atom is -0.382 e. The summed E-state index contributed by atoms with van der Waals surface area (Å²) in [5.41, 5.74) is 0.783. The smallest absolute Gasteiger partial charge is 0.174 e. The van der Waals surface area contributed by atoms with Crippen LogP contribution in [0.2, 0.25) is 10.3 Å². The Hall–Kier alpha value is -0.540. The van der Waals surface area contributed by atoms with Gasteiger partial charge in [0.15, 0.2) is 10.3 Å². The molecule has 94 valence electrons. The molecule has 0 bridgehead atoms. The summed E-state index contributed by atoms with van der Waals surface area (Å²) in [5, 5.41) is 11.5. The molecule has 2 rings (SSSR count). The molecule has 17 heavy (non-hydrogen) atoms. The molecule has 0 atom stereocenters. The van der Waals surface area contributed by atoms with Crippen LogP contribution in [0.1, 0.15) is 32.6 Å². The zero-order chi connectivity index (χ0) is 12.3. The molecule has 0 radical (unpaired) electrons. The molecule has 0 spiro atoms. The largest absolute Gasteiger partial charge is 0.382 e. The average Bonchev–Trinajstić information content (AvgIpc) is 2.32. The highest BCUT2D eigenvalue weighted by molar-refractivity contribution is 6.33. The van der Waals surface area contributed by atoms with E-state index in [-0.39, 0.29) is 0 Å². The molecule has 1 heterocycles. The minimum absolute atomic E-state index is 0.370. The van der Waals surface area contributed by atoms with Crippen molar-refractivity contribution >= 4 is 28.9 Å². The fourth-order valence-electron chi connectivity index (χ4n) is 2.26. The van der Waals surface area contributed by atoms with Gasteiger partial charge in [-0.25, -0.2) is 0 Å². The molecule has 1 saturated carbocycles. The summed E-state index contributed by atoms with van der Waals surface area (Å²) in [5.74, 6) is 1.61. The molecule has 0 saturated heterocycles. The van der Waals surface area contributed by atoms with Crippen molar-refractivity contribution in [3.63, 3.8) is 0 Å². The molecule has 1 aliphatic rings. The van der Waals surface area contributed by atoms with Crippen LogP contribution < -0.4 is 5.32 Å². The molecule has 1 aromatic rings. The predicted molar refractivity (Wildman–Crippen MR) is 71.7 cm³/mol.